The number of nitrogens with zero attached hydrogens (tertiary/aromatic N) is 2. The number of methoxy groups -OCH3 is 2. The molecule has 0 unspecified atom stereocenters. The van der Waals surface area contributed by atoms with Crippen molar-refractivity contribution < 1.29 is 31.1 Å². The van der Waals surface area contributed by atoms with Crippen molar-refractivity contribution in [3.63, 3.8) is 0 Å². The van der Waals surface area contributed by atoms with E-state index < -0.39 is 32.5 Å². The van der Waals surface area contributed by atoms with Crippen LogP contribution in [-0.2, 0) is 24.8 Å². The highest BCUT2D eigenvalue weighted by atomic mass is 35.5. The van der Waals surface area contributed by atoms with Crippen molar-refractivity contribution in [1.82, 2.24) is 4.31 Å². The zero-order valence-electron chi connectivity index (χ0n) is 23.0. The maximum absolute atomic E-state index is 13.8. The van der Waals surface area contributed by atoms with Gasteiger partial charge in [-0.05, 0) is 68.3 Å². The fourth-order valence-electron chi connectivity index (χ4n) is 4.51. The van der Waals surface area contributed by atoms with Crippen LogP contribution in [0.15, 0.2) is 70.5 Å². The number of hydrogen-bond donors (Lipinski definition) is 1. The van der Waals surface area contributed by atoms with Crippen LogP contribution in [0.25, 0.3) is 0 Å². The Kier molecular flexibility index (Phi) is 9.48. The number of hydrogen-bond acceptors (Lipinski definition) is 7. The molecule has 220 valence electrons. The topological polar surface area (TPSA) is 122 Å². The number of benzene rings is 3. The SMILES string of the molecule is COc1ccc(S(=O)(=O)N2CCCCC2)cc1NC(=O)CN(c1cc(Cl)ccc1OC)S(=O)(=O)c1ccc(C)cc1. The van der Waals surface area contributed by atoms with Gasteiger partial charge >= 0.3 is 0 Å². The number of halogens is 1. The van der Waals surface area contributed by atoms with E-state index in [9.17, 15) is 21.6 Å². The van der Waals surface area contributed by atoms with Gasteiger partial charge in [-0.3, -0.25) is 9.10 Å². The van der Waals surface area contributed by atoms with E-state index in [0.29, 0.717) is 13.1 Å². The first kappa shape index (κ1) is 30.6. The smallest absolute Gasteiger partial charge is 0.264 e. The van der Waals surface area contributed by atoms with E-state index in [0.717, 1.165) is 29.1 Å². The minimum absolute atomic E-state index is 0.00357. The molecule has 1 aliphatic heterocycles. The largest absolute Gasteiger partial charge is 0.495 e. The second-order valence-electron chi connectivity index (χ2n) is 9.52. The summed E-state index contributed by atoms with van der Waals surface area (Å²) in [4.78, 5) is 13.4. The van der Waals surface area contributed by atoms with Crippen molar-refractivity contribution in [3.8, 4) is 11.5 Å². The molecular formula is C28H32ClN3O7S2. The number of ether oxygens (including phenoxy) is 2. The third-order valence-electron chi connectivity index (χ3n) is 6.70. The highest BCUT2D eigenvalue weighted by Gasteiger charge is 2.31. The van der Waals surface area contributed by atoms with Crippen LogP contribution in [-0.4, -0.2) is 60.9 Å². The molecule has 0 spiro atoms. The molecule has 0 saturated carbocycles. The third kappa shape index (κ3) is 6.78. The summed E-state index contributed by atoms with van der Waals surface area (Å²) < 4.78 is 67.3. The summed E-state index contributed by atoms with van der Waals surface area (Å²) in [6.45, 7) is 2.00. The molecule has 10 nitrogen and oxygen atoms in total. The third-order valence-corrected chi connectivity index (χ3v) is 10.6. The first-order chi connectivity index (χ1) is 19.5. The molecule has 0 aromatic heterocycles. The molecule has 0 aliphatic carbocycles. The summed E-state index contributed by atoms with van der Waals surface area (Å²) in [6, 6.07) is 14.8. The van der Waals surface area contributed by atoms with E-state index in [1.54, 1.807) is 18.2 Å². The molecule has 3 aromatic rings. The Morgan fingerprint density at radius 1 is 0.878 bits per heavy atom. The molecule has 1 fully saturated rings. The second-order valence-corrected chi connectivity index (χ2v) is 13.8. The number of amides is 1. The average Bonchev–Trinajstić information content (AvgIpc) is 2.96. The lowest BCUT2D eigenvalue weighted by Crippen LogP contribution is -2.38. The molecule has 1 heterocycles. The molecular weight excluding hydrogens is 590 g/mol. The Bertz CT molecular complexity index is 1620. The highest BCUT2D eigenvalue weighted by molar-refractivity contribution is 7.93. The van der Waals surface area contributed by atoms with Crippen molar-refractivity contribution >= 4 is 48.9 Å². The van der Waals surface area contributed by atoms with E-state index in [2.05, 4.69) is 5.32 Å². The number of aryl methyl sites for hydroxylation is 1. The maximum atomic E-state index is 13.8. The number of piperidine rings is 1. The van der Waals surface area contributed by atoms with Crippen LogP contribution < -0.4 is 19.1 Å². The van der Waals surface area contributed by atoms with Crippen molar-refractivity contribution in [2.75, 3.05) is 43.5 Å². The lowest BCUT2D eigenvalue weighted by molar-refractivity contribution is -0.114. The van der Waals surface area contributed by atoms with E-state index in [4.69, 9.17) is 21.1 Å². The zero-order valence-corrected chi connectivity index (χ0v) is 25.4. The molecule has 1 aliphatic rings. The summed E-state index contributed by atoms with van der Waals surface area (Å²) in [7, 11) is -5.31. The van der Waals surface area contributed by atoms with Crippen LogP contribution in [0.5, 0.6) is 11.5 Å². The summed E-state index contributed by atoms with van der Waals surface area (Å²) in [5, 5.41) is 2.87. The minimum Gasteiger partial charge on any atom is -0.495 e. The maximum Gasteiger partial charge on any atom is 0.264 e. The molecule has 1 N–H and O–H groups in total. The van der Waals surface area contributed by atoms with E-state index >= 15 is 0 Å². The van der Waals surface area contributed by atoms with E-state index in [1.807, 2.05) is 6.92 Å². The normalized spacial score (nSPS) is 14.3. The average molecular weight is 622 g/mol. The van der Waals surface area contributed by atoms with Gasteiger partial charge in [-0.15, -0.1) is 0 Å². The van der Waals surface area contributed by atoms with Crippen molar-refractivity contribution in [3.05, 3.63) is 71.2 Å². The van der Waals surface area contributed by atoms with Gasteiger partial charge in [0.15, 0.2) is 0 Å². The lowest BCUT2D eigenvalue weighted by atomic mass is 10.2. The monoisotopic (exact) mass is 621 g/mol. The molecule has 13 heteroatoms. The standard InChI is InChI=1S/C28H32ClN3O7S2/c1-20-7-10-22(11-8-20)41(36,37)32(25-17-21(29)9-13-27(25)39-3)19-28(33)30-24-18-23(12-14-26(24)38-2)40(34,35)31-15-5-4-6-16-31/h7-14,17-18H,4-6,15-16,19H2,1-3H3,(H,30,33). The first-order valence-electron chi connectivity index (χ1n) is 12.9. The van der Waals surface area contributed by atoms with Gasteiger partial charge in [-0.1, -0.05) is 35.7 Å². The van der Waals surface area contributed by atoms with Gasteiger partial charge in [0.05, 0.1) is 35.4 Å². The van der Waals surface area contributed by atoms with Crippen LogP contribution in [0, 0.1) is 6.92 Å². The predicted octanol–water partition coefficient (Wildman–Crippen LogP) is 4.67. The van der Waals surface area contributed by atoms with Crippen LogP contribution in [0.3, 0.4) is 0 Å². The van der Waals surface area contributed by atoms with Crippen molar-refractivity contribution in [1.29, 1.82) is 0 Å². The molecule has 0 atom stereocenters. The van der Waals surface area contributed by atoms with Gasteiger partial charge in [0.25, 0.3) is 10.0 Å². The number of carbonyl (C=O) groups is 1. The quantitative estimate of drug-likeness (QED) is 0.349. The Balaban J connectivity index is 1.70. The Morgan fingerprint density at radius 2 is 1.49 bits per heavy atom. The Hall–Kier alpha value is -3.32. The van der Waals surface area contributed by atoms with Gasteiger partial charge in [0.1, 0.15) is 18.0 Å². The number of sulfonamides is 2. The van der Waals surface area contributed by atoms with Gasteiger partial charge in [-0.2, -0.15) is 4.31 Å². The van der Waals surface area contributed by atoms with Crippen LogP contribution >= 0.6 is 11.6 Å². The fourth-order valence-corrected chi connectivity index (χ4v) is 7.65. The predicted molar refractivity (Wildman–Crippen MR) is 158 cm³/mol. The van der Waals surface area contributed by atoms with Crippen LogP contribution in [0.4, 0.5) is 11.4 Å². The number of carbonyl (C=O) groups excluding carboxylic acids is 1. The minimum atomic E-state index is -4.27. The first-order valence-corrected chi connectivity index (χ1v) is 16.1. The van der Waals surface area contributed by atoms with Crippen molar-refractivity contribution in [2.45, 2.75) is 36.0 Å². The summed E-state index contributed by atoms with van der Waals surface area (Å²) in [5.41, 5.74) is 1.01. The molecule has 1 amide bonds. The van der Waals surface area contributed by atoms with Gasteiger partial charge < -0.3 is 14.8 Å². The Labute approximate surface area is 245 Å². The van der Waals surface area contributed by atoms with Gasteiger partial charge in [-0.25, -0.2) is 16.8 Å². The zero-order chi connectivity index (χ0) is 29.8. The molecule has 0 radical (unpaired) electrons. The second kappa shape index (κ2) is 12.7. The van der Waals surface area contributed by atoms with E-state index in [-0.39, 0.29) is 37.7 Å². The number of rotatable bonds is 10. The van der Waals surface area contributed by atoms with Gasteiger partial charge in [0.2, 0.25) is 15.9 Å². The summed E-state index contributed by atoms with van der Waals surface area (Å²) >= 11 is 6.21. The number of anilines is 2. The molecule has 3 aromatic carbocycles. The molecule has 41 heavy (non-hydrogen) atoms. The Morgan fingerprint density at radius 3 is 2.12 bits per heavy atom. The van der Waals surface area contributed by atoms with Crippen LogP contribution in [0.1, 0.15) is 24.8 Å². The summed E-state index contributed by atoms with van der Waals surface area (Å²) in [5.74, 6) is -0.345. The van der Waals surface area contributed by atoms with Crippen molar-refractivity contribution in [2.24, 2.45) is 0 Å². The van der Waals surface area contributed by atoms with Crippen LogP contribution in [0.2, 0.25) is 5.02 Å². The number of nitrogens with one attached hydrogen (secondary N) is 1. The molecule has 1 saturated heterocycles. The lowest BCUT2D eigenvalue weighted by Gasteiger charge is -2.27. The summed E-state index contributed by atoms with van der Waals surface area (Å²) in [6.07, 6.45) is 2.52. The highest BCUT2D eigenvalue weighted by Crippen LogP contribution is 2.35. The molecule has 4 rings (SSSR count). The molecule has 0 bridgehead atoms. The van der Waals surface area contributed by atoms with E-state index in [1.165, 1.54) is 61.0 Å². The van der Waals surface area contributed by atoms with Gasteiger partial charge in [0, 0.05) is 18.1 Å². The fraction of sp³-hybridized carbons (Fsp3) is 0.321.